The van der Waals surface area contributed by atoms with Gasteiger partial charge in [-0.3, -0.25) is 14.9 Å². The first-order valence-electron chi connectivity index (χ1n) is 12.9. The molecule has 1 fully saturated rings. The number of nitrogens with one attached hydrogen (secondary N) is 2. The van der Waals surface area contributed by atoms with E-state index in [1.54, 1.807) is 23.2 Å². The van der Waals surface area contributed by atoms with Crippen molar-refractivity contribution in [2.24, 2.45) is 5.92 Å². The summed E-state index contributed by atoms with van der Waals surface area (Å²) in [7, 11) is 1.26. The minimum atomic E-state index is -0.728. The lowest BCUT2D eigenvalue weighted by molar-refractivity contribution is -0.386. The molecule has 39 heavy (non-hydrogen) atoms. The Morgan fingerprint density at radius 3 is 2.59 bits per heavy atom. The van der Waals surface area contributed by atoms with Crippen LogP contribution in [0.5, 0.6) is 5.75 Å². The van der Waals surface area contributed by atoms with Gasteiger partial charge in [-0.15, -0.1) is 0 Å². The van der Waals surface area contributed by atoms with Gasteiger partial charge in [-0.2, -0.15) is 0 Å². The van der Waals surface area contributed by atoms with Crippen LogP contribution < -0.4 is 10.1 Å². The molecule has 206 valence electrons. The number of hydrogen-bond acceptors (Lipinski definition) is 7. The highest BCUT2D eigenvalue weighted by Gasteiger charge is 2.37. The molecule has 2 aromatic carbocycles. The Kier molecular flexibility index (Phi) is 8.48. The molecule has 4 rings (SSSR count). The van der Waals surface area contributed by atoms with Crippen molar-refractivity contribution in [1.29, 1.82) is 0 Å². The number of ether oxygens (including phenoxy) is 2. The SMILES string of the molecule is COC(=O)N[C@H](C(=O)N1CCC[C@H]1c1ncc(-c2ccc([N+](=O)[O-])c(O[C@H](C)c3ccccc3)c2)[nH]1)C(C)C. The van der Waals surface area contributed by atoms with Crippen molar-refractivity contribution < 1.29 is 24.0 Å². The molecule has 0 saturated carbocycles. The summed E-state index contributed by atoms with van der Waals surface area (Å²) in [5, 5.41) is 14.3. The number of hydrogen-bond donors (Lipinski definition) is 2. The van der Waals surface area contributed by atoms with Gasteiger partial charge in [0.1, 0.15) is 18.0 Å². The predicted molar refractivity (Wildman–Crippen MR) is 144 cm³/mol. The zero-order valence-corrected chi connectivity index (χ0v) is 22.4. The van der Waals surface area contributed by atoms with Gasteiger partial charge in [0, 0.05) is 18.2 Å². The van der Waals surface area contributed by atoms with E-state index >= 15 is 0 Å². The van der Waals surface area contributed by atoms with Crippen LogP contribution in [0.25, 0.3) is 11.3 Å². The molecule has 2 N–H and O–H groups in total. The van der Waals surface area contributed by atoms with Crippen molar-refractivity contribution in [1.82, 2.24) is 20.2 Å². The molecule has 1 aliphatic rings. The maximum absolute atomic E-state index is 13.4. The van der Waals surface area contributed by atoms with Crippen molar-refractivity contribution in [2.75, 3.05) is 13.7 Å². The third kappa shape index (κ3) is 6.19. The molecule has 2 heterocycles. The molecule has 0 spiro atoms. The molecule has 1 saturated heterocycles. The Morgan fingerprint density at radius 2 is 1.92 bits per heavy atom. The van der Waals surface area contributed by atoms with Gasteiger partial charge >= 0.3 is 11.8 Å². The molecular formula is C28H33N5O6. The number of carbonyl (C=O) groups is 2. The lowest BCUT2D eigenvalue weighted by Crippen LogP contribution is -2.51. The third-order valence-corrected chi connectivity index (χ3v) is 6.88. The number of aromatic amines is 1. The Balaban J connectivity index is 1.58. The van der Waals surface area contributed by atoms with Gasteiger partial charge in [0.05, 0.1) is 30.0 Å². The van der Waals surface area contributed by atoms with Crippen LogP contribution in [0.15, 0.2) is 54.7 Å². The van der Waals surface area contributed by atoms with E-state index in [9.17, 15) is 19.7 Å². The fourth-order valence-electron chi connectivity index (χ4n) is 4.75. The maximum Gasteiger partial charge on any atom is 0.407 e. The topological polar surface area (TPSA) is 140 Å². The zero-order valence-electron chi connectivity index (χ0n) is 22.4. The summed E-state index contributed by atoms with van der Waals surface area (Å²) < 4.78 is 10.7. The van der Waals surface area contributed by atoms with E-state index in [1.165, 1.54) is 13.2 Å². The van der Waals surface area contributed by atoms with Crippen LogP contribution in [0.1, 0.15) is 57.1 Å². The second-order valence-corrected chi connectivity index (χ2v) is 9.84. The highest BCUT2D eigenvalue weighted by Crippen LogP contribution is 2.36. The first kappa shape index (κ1) is 27.6. The molecule has 0 bridgehead atoms. The number of rotatable bonds is 9. The highest BCUT2D eigenvalue weighted by molar-refractivity contribution is 5.86. The van der Waals surface area contributed by atoms with Crippen molar-refractivity contribution in [3.05, 3.63) is 76.2 Å². The number of amides is 2. The fourth-order valence-corrected chi connectivity index (χ4v) is 4.75. The molecule has 11 heteroatoms. The first-order chi connectivity index (χ1) is 18.7. The summed E-state index contributed by atoms with van der Waals surface area (Å²) in [4.78, 5) is 46.0. The van der Waals surface area contributed by atoms with E-state index in [4.69, 9.17) is 9.47 Å². The lowest BCUT2D eigenvalue weighted by Gasteiger charge is -2.30. The number of likely N-dealkylation sites (tertiary alicyclic amines) is 1. The number of nitro benzene ring substituents is 1. The standard InChI is InChI=1S/C28H33N5O6/c1-17(2)25(31-28(35)38-4)27(34)32-14-8-11-23(32)26-29-16-21(30-26)20-12-13-22(33(36)37)24(15-20)39-18(3)19-9-6-5-7-10-19/h5-7,9-10,12-13,15-18,23,25H,8,11,14H2,1-4H3,(H,29,30)(H,31,35)/t18-,23+,25+/m1/s1. The average molecular weight is 536 g/mol. The molecule has 3 atom stereocenters. The minimum absolute atomic E-state index is 0.133. The molecule has 1 aromatic heterocycles. The van der Waals surface area contributed by atoms with E-state index in [2.05, 4.69) is 15.3 Å². The highest BCUT2D eigenvalue weighted by atomic mass is 16.6. The van der Waals surface area contributed by atoms with Crippen LogP contribution in [0.2, 0.25) is 0 Å². The number of methoxy groups -OCH3 is 1. The number of imidazole rings is 1. The Hall–Kier alpha value is -4.41. The number of benzene rings is 2. The van der Waals surface area contributed by atoms with Gasteiger partial charge in [-0.1, -0.05) is 44.2 Å². The van der Waals surface area contributed by atoms with Crippen molar-refractivity contribution in [3.8, 4) is 17.0 Å². The number of carbonyl (C=O) groups excluding carboxylic acids is 2. The van der Waals surface area contributed by atoms with Crippen LogP contribution in [0, 0.1) is 16.0 Å². The van der Waals surface area contributed by atoms with Gasteiger partial charge in [0.2, 0.25) is 5.91 Å². The van der Waals surface area contributed by atoms with E-state index in [-0.39, 0.29) is 29.3 Å². The van der Waals surface area contributed by atoms with Crippen LogP contribution in [0.3, 0.4) is 0 Å². The number of alkyl carbamates (subject to hydrolysis) is 1. The maximum atomic E-state index is 13.4. The molecule has 0 radical (unpaired) electrons. The van der Waals surface area contributed by atoms with E-state index in [1.807, 2.05) is 51.1 Å². The third-order valence-electron chi connectivity index (χ3n) is 6.88. The summed E-state index contributed by atoms with van der Waals surface area (Å²) >= 11 is 0. The molecule has 3 aromatic rings. The summed E-state index contributed by atoms with van der Waals surface area (Å²) in [6.45, 7) is 6.10. The minimum Gasteiger partial charge on any atom is -0.479 e. The monoisotopic (exact) mass is 535 g/mol. The molecule has 11 nitrogen and oxygen atoms in total. The Labute approximate surface area is 226 Å². The Morgan fingerprint density at radius 1 is 1.18 bits per heavy atom. The van der Waals surface area contributed by atoms with E-state index in [0.29, 0.717) is 30.0 Å². The first-order valence-corrected chi connectivity index (χ1v) is 12.9. The van der Waals surface area contributed by atoms with E-state index in [0.717, 1.165) is 12.0 Å². The van der Waals surface area contributed by atoms with Crippen LogP contribution in [0.4, 0.5) is 10.5 Å². The number of nitro groups is 1. The van der Waals surface area contributed by atoms with Gasteiger partial charge in [0.25, 0.3) is 0 Å². The molecule has 0 unspecified atom stereocenters. The number of nitrogens with zero attached hydrogens (tertiary/aromatic N) is 3. The predicted octanol–water partition coefficient (Wildman–Crippen LogP) is 5.17. The quantitative estimate of drug-likeness (QED) is 0.285. The van der Waals surface area contributed by atoms with Crippen molar-refractivity contribution in [3.63, 3.8) is 0 Å². The number of H-pyrrole nitrogens is 1. The second-order valence-electron chi connectivity index (χ2n) is 9.84. The van der Waals surface area contributed by atoms with Crippen LogP contribution in [-0.2, 0) is 9.53 Å². The summed E-state index contributed by atoms with van der Waals surface area (Å²) in [5.41, 5.74) is 2.07. The second kappa shape index (κ2) is 12.0. The van der Waals surface area contributed by atoms with Gasteiger partial charge < -0.3 is 24.7 Å². The fraction of sp³-hybridized carbons (Fsp3) is 0.393. The smallest absolute Gasteiger partial charge is 0.407 e. The molecule has 1 aliphatic heterocycles. The van der Waals surface area contributed by atoms with Gasteiger partial charge in [-0.05, 0) is 43.4 Å². The summed E-state index contributed by atoms with van der Waals surface area (Å²) in [6, 6.07) is 13.1. The van der Waals surface area contributed by atoms with Crippen molar-refractivity contribution in [2.45, 2.75) is 51.8 Å². The van der Waals surface area contributed by atoms with Crippen LogP contribution in [-0.4, -0.2) is 51.5 Å². The van der Waals surface area contributed by atoms with Gasteiger partial charge in [-0.25, -0.2) is 9.78 Å². The zero-order chi connectivity index (χ0) is 28.1. The van der Waals surface area contributed by atoms with Gasteiger partial charge in [0.15, 0.2) is 5.75 Å². The summed E-state index contributed by atoms with van der Waals surface area (Å²) in [6.07, 6.45) is 2.10. The van der Waals surface area contributed by atoms with Crippen LogP contribution >= 0.6 is 0 Å². The molecular weight excluding hydrogens is 502 g/mol. The molecule has 0 aliphatic carbocycles. The largest absolute Gasteiger partial charge is 0.479 e. The average Bonchev–Trinajstić information content (AvgIpc) is 3.61. The molecule has 2 amide bonds. The van der Waals surface area contributed by atoms with E-state index < -0.39 is 23.2 Å². The number of aromatic nitrogens is 2. The summed E-state index contributed by atoms with van der Waals surface area (Å²) in [5.74, 6) is 0.421. The Bertz CT molecular complexity index is 1320. The lowest BCUT2D eigenvalue weighted by atomic mass is 10.0. The van der Waals surface area contributed by atoms with Crippen molar-refractivity contribution >= 4 is 17.7 Å². The normalized spacial score (nSPS) is 16.5.